The van der Waals surface area contributed by atoms with Crippen LogP contribution in [0.2, 0.25) is 0 Å². The van der Waals surface area contributed by atoms with Gasteiger partial charge < -0.3 is 10.2 Å². The van der Waals surface area contributed by atoms with Crippen molar-refractivity contribution >= 4 is 23.4 Å². The number of rotatable bonds is 4. The van der Waals surface area contributed by atoms with Crippen LogP contribution in [0.4, 0.5) is 5.69 Å². The third kappa shape index (κ3) is 2.87. The van der Waals surface area contributed by atoms with Gasteiger partial charge in [0.25, 0.3) is 11.8 Å². The maximum absolute atomic E-state index is 12.9. The zero-order chi connectivity index (χ0) is 18.4. The molecule has 0 radical (unpaired) electrons. The molecule has 1 unspecified atom stereocenters. The van der Waals surface area contributed by atoms with E-state index in [0.29, 0.717) is 17.7 Å². The molecule has 1 saturated carbocycles. The number of anilines is 1. The van der Waals surface area contributed by atoms with Gasteiger partial charge in [-0.2, -0.15) is 0 Å². The number of fused-ring (bicyclic) bond motifs is 1. The van der Waals surface area contributed by atoms with E-state index < -0.39 is 0 Å². The van der Waals surface area contributed by atoms with Crippen LogP contribution in [-0.2, 0) is 4.79 Å². The number of hydrogen-bond acceptors (Lipinski definition) is 4. The molecule has 2 heterocycles. The molecule has 1 aromatic carbocycles. The zero-order valence-electron chi connectivity index (χ0n) is 15.3. The number of carbonyl (C=O) groups is 3. The monoisotopic (exact) mass is 355 g/mol. The number of imide groups is 1. The van der Waals surface area contributed by atoms with E-state index >= 15 is 0 Å². The molecule has 1 saturated heterocycles. The van der Waals surface area contributed by atoms with Gasteiger partial charge in [-0.05, 0) is 51.7 Å². The van der Waals surface area contributed by atoms with Crippen molar-refractivity contribution in [2.24, 2.45) is 5.92 Å². The van der Waals surface area contributed by atoms with Gasteiger partial charge >= 0.3 is 0 Å². The van der Waals surface area contributed by atoms with Crippen molar-refractivity contribution in [3.8, 4) is 0 Å². The van der Waals surface area contributed by atoms with Crippen molar-refractivity contribution < 1.29 is 14.4 Å². The largest absolute Gasteiger partial charge is 0.370 e. The second-order valence-corrected chi connectivity index (χ2v) is 7.86. The van der Waals surface area contributed by atoms with E-state index in [0.717, 1.165) is 37.9 Å². The first kappa shape index (κ1) is 17.1. The molecule has 1 aromatic rings. The van der Waals surface area contributed by atoms with E-state index in [2.05, 4.69) is 10.2 Å². The minimum absolute atomic E-state index is 0.0688. The fourth-order valence-corrected chi connectivity index (χ4v) is 4.03. The first-order valence-corrected chi connectivity index (χ1v) is 9.53. The van der Waals surface area contributed by atoms with Crippen LogP contribution >= 0.6 is 0 Å². The quantitative estimate of drug-likeness (QED) is 0.841. The highest BCUT2D eigenvalue weighted by Crippen LogP contribution is 2.39. The Morgan fingerprint density at radius 2 is 1.92 bits per heavy atom. The van der Waals surface area contributed by atoms with Gasteiger partial charge in [-0.3, -0.25) is 19.3 Å². The third-order valence-corrected chi connectivity index (χ3v) is 5.40. The normalized spacial score (nSPS) is 22.8. The summed E-state index contributed by atoms with van der Waals surface area (Å²) in [5.74, 6) is -0.356. The Morgan fingerprint density at radius 3 is 2.62 bits per heavy atom. The van der Waals surface area contributed by atoms with Crippen molar-refractivity contribution in [2.45, 2.75) is 51.6 Å². The highest BCUT2D eigenvalue weighted by molar-refractivity contribution is 6.24. The van der Waals surface area contributed by atoms with Crippen LogP contribution in [0.15, 0.2) is 18.2 Å². The van der Waals surface area contributed by atoms with Crippen LogP contribution in [0, 0.1) is 5.92 Å². The van der Waals surface area contributed by atoms with Gasteiger partial charge in [0, 0.05) is 25.2 Å². The molecule has 1 N–H and O–H groups in total. The fraction of sp³-hybridized carbons (Fsp3) is 0.550. The van der Waals surface area contributed by atoms with Crippen LogP contribution in [0.25, 0.3) is 0 Å². The first-order chi connectivity index (χ1) is 12.5. The minimum atomic E-state index is -0.170. The Hall–Kier alpha value is -2.37. The highest BCUT2D eigenvalue weighted by Gasteiger charge is 2.46. The molecule has 6 nitrogen and oxygen atoms in total. The van der Waals surface area contributed by atoms with Crippen molar-refractivity contribution in [2.75, 3.05) is 18.0 Å². The summed E-state index contributed by atoms with van der Waals surface area (Å²) in [6.45, 7) is 5.30. The number of benzene rings is 1. The summed E-state index contributed by atoms with van der Waals surface area (Å²) in [6.07, 6.45) is 3.56. The Balaban J connectivity index is 1.60. The number of amides is 3. The van der Waals surface area contributed by atoms with E-state index in [9.17, 15) is 14.4 Å². The number of nitrogens with zero attached hydrogens (tertiary/aromatic N) is 2. The topological polar surface area (TPSA) is 69.7 Å². The summed E-state index contributed by atoms with van der Waals surface area (Å²) in [5, 5.41) is 2.99. The SMILES string of the molecule is CC(C)NC(=O)C1CCCN(c2cccc3c2C(=O)N(C2CC2)C3=O)C1. The number of carbonyl (C=O) groups excluding carboxylic acids is 3. The van der Waals surface area contributed by atoms with Crippen LogP contribution < -0.4 is 10.2 Å². The molecule has 3 amide bonds. The Bertz CT molecular complexity index is 770. The standard InChI is InChI=1S/C20H25N3O3/c1-12(2)21-18(24)13-5-4-10-22(11-13)16-7-3-6-15-17(16)20(26)23(19(15)25)14-8-9-14/h3,6-7,12-14H,4-5,8-11H2,1-2H3,(H,21,24). The van der Waals surface area contributed by atoms with Crippen molar-refractivity contribution in [1.29, 1.82) is 0 Å². The molecule has 26 heavy (non-hydrogen) atoms. The van der Waals surface area contributed by atoms with Gasteiger partial charge in [0.1, 0.15) is 0 Å². The lowest BCUT2D eigenvalue weighted by Crippen LogP contribution is -2.45. The first-order valence-electron chi connectivity index (χ1n) is 9.53. The predicted octanol–water partition coefficient (Wildman–Crippen LogP) is 2.19. The van der Waals surface area contributed by atoms with Gasteiger partial charge in [-0.15, -0.1) is 0 Å². The van der Waals surface area contributed by atoms with Gasteiger partial charge in [0.15, 0.2) is 0 Å². The lowest BCUT2D eigenvalue weighted by Gasteiger charge is -2.34. The molecule has 1 aliphatic carbocycles. The van der Waals surface area contributed by atoms with Gasteiger partial charge in [-0.25, -0.2) is 0 Å². The summed E-state index contributed by atoms with van der Waals surface area (Å²) in [4.78, 5) is 41.5. The maximum Gasteiger partial charge on any atom is 0.263 e. The average Bonchev–Trinajstić information content (AvgIpc) is 3.41. The molecule has 2 aliphatic heterocycles. The van der Waals surface area contributed by atoms with E-state index in [1.165, 1.54) is 4.90 Å². The van der Waals surface area contributed by atoms with E-state index in [1.807, 2.05) is 26.0 Å². The third-order valence-electron chi connectivity index (χ3n) is 5.40. The minimum Gasteiger partial charge on any atom is -0.370 e. The molecular weight excluding hydrogens is 330 g/mol. The smallest absolute Gasteiger partial charge is 0.263 e. The van der Waals surface area contributed by atoms with Crippen molar-refractivity contribution in [3.63, 3.8) is 0 Å². The molecule has 6 heteroatoms. The molecule has 138 valence electrons. The maximum atomic E-state index is 12.9. The Labute approximate surface area is 153 Å². The van der Waals surface area contributed by atoms with Gasteiger partial charge in [-0.1, -0.05) is 6.07 Å². The van der Waals surface area contributed by atoms with Crippen molar-refractivity contribution in [3.05, 3.63) is 29.3 Å². The molecule has 0 spiro atoms. The summed E-state index contributed by atoms with van der Waals surface area (Å²) < 4.78 is 0. The van der Waals surface area contributed by atoms with Crippen LogP contribution in [0.3, 0.4) is 0 Å². The fourth-order valence-electron chi connectivity index (χ4n) is 4.03. The summed E-state index contributed by atoms with van der Waals surface area (Å²) >= 11 is 0. The second kappa shape index (κ2) is 6.41. The number of piperidine rings is 1. The number of hydrogen-bond donors (Lipinski definition) is 1. The van der Waals surface area contributed by atoms with Crippen LogP contribution in [0.1, 0.15) is 60.2 Å². The zero-order valence-corrected chi connectivity index (χ0v) is 15.3. The van der Waals surface area contributed by atoms with Crippen LogP contribution in [0.5, 0.6) is 0 Å². The predicted molar refractivity (Wildman–Crippen MR) is 98.2 cm³/mol. The van der Waals surface area contributed by atoms with E-state index in [1.54, 1.807) is 6.07 Å². The molecule has 0 aromatic heterocycles. The molecule has 3 aliphatic rings. The van der Waals surface area contributed by atoms with Crippen molar-refractivity contribution in [1.82, 2.24) is 10.2 Å². The van der Waals surface area contributed by atoms with E-state index in [4.69, 9.17) is 0 Å². The summed E-state index contributed by atoms with van der Waals surface area (Å²) in [6, 6.07) is 5.68. The highest BCUT2D eigenvalue weighted by atomic mass is 16.2. The molecular formula is C20H25N3O3. The lowest BCUT2D eigenvalue weighted by molar-refractivity contribution is -0.125. The molecule has 4 rings (SSSR count). The summed E-state index contributed by atoms with van der Waals surface area (Å²) in [5.41, 5.74) is 1.83. The Morgan fingerprint density at radius 1 is 1.15 bits per heavy atom. The molecule has 2 fully saturated rings. The van der Waals surface area contributed by atoms with E-state index in [-0.39, 0.29) is 35.7 Å². The molecule has 1 atom stereocenters. The van der Waals surface area contributed by atoms with Crippen LogP contribution in [-0.4, -0.2) is 47.8 Å². The van der Waals surface area contributed by atoms with Gasteiger partial charge in [0.2, 0.25) is 5.91 Å². The van der Waals surface area contributed by atoms with Gasteiger partial charge in [0.05, 0.1) is 22.7 Å². The average molecular weight is 355 g/mol. The number of nitrogens with one attached hydrogen (secondary N) is 1. The summed E-state index contributed by atoms with van der Waals surface area (Å²) in [7, 11) is 0. The Kier molecular flexibility index (Phi) is 4.21. The second-order valence-electron chi connectivity index (χ2n) is 7.86. The molecule has 0 bridgehead atoms. The lowest BCUT2D eigenvalue weighted by atomic mass is 9.95.